The number of amides is 1. The van der Waals surface area contributed by atoms with E-state index in [2.05, 4.69) is 27.4 Å². The Balaban J connectivity index is 1.70. The average Bonchev–Trinajstić information content (AvgIpc) is 2.73. The lowest BCUT2D eigenvalue weighted by Gasteiger charge is -2.17. The molecule has 3 aromatic rings. The summed E-state index contributed by atoms with van der Waals surface area (Å²) in [5, 5.41) is 14.0. The summed E-state index contributed by atoms with van der Waals surface area (Å²) in [6.45, 7) is 4.25. The summed E-state index contributed by atoms with van der Waals surface area (Å²) in [5.74, 6) is 0.950. The van der Waals surface area contributed by atoms with Crippen LogP contribution in [-0.4, -0.2) is 22.6 Å². The minimum Gasteiger partial charge on any atom is -0.365 e. The van der Waals surface area contributed by atoms with E-state index in [0.29, 0.717) is 24.6 Å². The Morgan fingerprint density at radius 3 is 1.96 bits per heavy atom. The van der Waals surface area contributed by atoms with Gasteiger partial charge in [0, 0.05) is 18.9 Å². The van der Waals surface area contributed by atoms with Gasteiger partial charge in [-0.3, -0.25) is 4.79 Å². The summed E-state index contributed by atoms with van der Waals surface area (Å²) in [5.41, 5.74) is 2.21. The van der Waals surface area contributed by atoms with Crippen LogP contribution in [0.3, 0.4) is 0 Å². The molecule has 0 aliphatic carbocycles. The van der Waals surface area contributed by atoms with Crippen LogP contribution in [0.15, 0.2) is 85.5 Å². The molecule has 0 atom stereocenters. The maximum absolute atomic E-state index is 12.6. The van der Waals surface area contributed by atoms with Crippen molar-refractivity contribution in [2.45, 2.75) is 12.3 Å². The molecule has 1 aromatic heterocycles. The third kappa shape index (κ3) is 5.25. The van der Waals surface area contributed by atoms with Gasteiger partial charge in [-0.15, -0.1) is 16.8 Å². The van der Waals surface area contributed by atoms with Gasteiger partial charge in [0.1, 0.15) is 5.82 Å². The SMILES string of the molecule is C=CCNc1ccc(NC(=O)CC(c2ccccc2)c2ccccc2)nn1. The summed E-state index contributed by atoms with van der Waals surface area (Å²) in [6.07, 6.45) is 2.07. The lowest BCUT2D eigenvalue weighted by Crippen LogP contribution is -2.17. The Kier molecular flexibility index (Phi) is 6.30. The number of rotatable bonds is 8. The number of aromatic nitrogens is 2. The summed E-state index contributed by atoms with van der Waals surface area (Å²) in [7, 11) is 0. The van der Waals surface area contributed by atoms with Crippen LogP contribution in [0, 0.1) is 0 Å². The topological polar surface area (TPSA) is 66.9 Å². The second-order valence-corrected chi connectivity index (χ2v) is 6.10. The zero-order chi connectivity index (χ0) is 18.9. The highest BCUT2D eigenvalue weighted by Gasteiger charge is 2.18. The van der Waals surface area contributed by atoms with Crippen LogP contribution in [0.25, 0.3) is 0 Å². The third-order valence-corrected chi connectivity index (χ3v) is 4.15. The molecule has 0 radical (unpaired) electrons. The normalized spacial score (nSPS) is 10.4. The van der Waals surface area contributed by atoms with Gasteiger partial charge in [0.05, 0.1) is 0 Å². The summed E-state index contributed by atoms with van der Waals surface area (Å²) < 4.78 is 0. The molecular weight excluding hydrogens is 336 g/mol. The highest BCUT2D eigenvalue weighted by Crippen LogP contribution is 2.28. The van der Waals surface area contributed by atoms with E-state index in [4.69, 9.17) is 0 Å². The van der Waals surface area contributed by atoms with E-state index < -0.39 is 0 Å². The molecule has 5 nitrogen and oxygen atoms in total. The van der Waals surface area contributed by atoms with Crippen molar-refractivity contribution in [1.29, 1.82) is 0 Å². The first-order chi connectivity index (χ1) is 13.3. The molecule has 0 aliphatic rings. The first-order valence-electron chi connectivity index (χ1n) is 8.84. The molecule has 5 heteroatoms. The van der Waals surface area contributed by atoms with Crippen molar-refractivity contribution in [2.75, 3.05) is 17.2 Å². The van der Waals surface area contributed by atoms with E-state index in [1.807, 2.05) is 60.7 Å². The van der Waals surface area contributed by atoms with Crippen LogP contribution in [0.2, 0.25) is 0 Å². The lowest BCUT2D eigenvalue weighted by molar-refractivity contribution is -0.116. The number of anilines is 2. The van der Waals surface area contributed by atoms with Crippen LogP contribution in [0.5, 0.6) is 0 Å². The molecule has 0 spiro atoms. The zero-order valence-corrected chi connectivity index (χ0v) is 15.0. The Morgan fingerprint density at radius 2 is 1.44 bits per heavy atom. The van der Waals surface area contributed by atoms with E-state index in [1.165, 1.54) is 0 Å². The first kappa shape index (κ1) is 18.3. The van der Waals surface area contributed by atoms with Crippen LogP contribution in [0.1, 0.15) is 23.5 Å². The van der Waals surface area contributed by atoms with Gasteiger partial charge in [-0.05, 0) is 23.3 Å². The molecule has 0 bridgehead atoms. The number of nitrogens with one attached hydrogen (secondary N) is 2. The van der Waals surface area contributed by atoms with Crippen LogP contribution < -0.4 is 10.6 Å². The molecule has 27 heavy (non-hydrogen) atoms. The van der Waals surface area contributed by atoms with E-state index in [1.54, 1.807) is 18.2 Å². The molecular formula is C22H22N4O. The smallest absolute Gasteiger partial charge is 0.226 e. The monoisotopic (exact) mass is 358 g/mol. The summed E-state index contributed by atoms with van der Waals surface area (Å²) in [4.78, 5) is 12.6. The Hall–Kier alpha value is -3.47. The van der Waals surface area contributed by atoms with Crippen LogP contribution in [0.4, 0.5) is 11.6 Å². The van der Waals surface area contributed by atoms with E-state index in [0.717, 1.165) is 11.1 Å². The standard InChI is InChI=1S/C22H22N4O/c1-2-15-23-20-13-14-21(26-25-20)24-22(27)16-19(17-9-5-3-6-10-17)18-11-7-4-8-12-18/h2-14,19H,1,15-16H2,(H,23,25)(H,24,26,27). The minimum atomic E-state index is -0.103. The van der Waals surface area contributed by atoms with Gasteiger partial charge >= 0.3 is 0 Å². The second kappa shape index (κ2) is 9.29. The molecule has 2 aromatic carbocycles. The largest absolute Gasteiger partial charge is 0.365 e. The van der Waals surface area contributed by atoms with Crippen LogP contribution in [-0.2, 0) is 4.79 Å². The first-order valence-corrected chi connectivity index (χ1v) is 8.84. The predicted molar refractivity (Wildman–Crippen MR) is 109 cm³/mol. The van der Waals surface area contributed by atoms with Crippen molar-refractivity contribution < 1.29 is 4.79 Å². The quantitative estimate of drug-likeness (QED) is 0.591. The predicted octanol–water partition coefficient (Wildman–Crippen LogP) is 4.24. The third-order valence-electron chi connectivity index (χ3n) is 4.15. The maximum Gasteiger partial charge on any atom is 0.226 e. The molecule has 0 aliphatic heterocycles. The van der Waals surface area contributed by atoms with Gasteiger partial charge in [0.2, 0.25) is 5.91 Å². The van der Waals surface area contributed by atoms with E-state index in [-0.39, 0.29) is 11.8 Å². The van der Waals surface area contributed by atoms with Crippen LogP contribution >= 0.6 is 0 Å². The number of carbonyl (C=O) groups excluding carboxylic acids is 1. The average molecular weight is 358 g/mol. The van der Waals surface area contributed by atoms with E-state index >= 15 is 0 Å². The number of hydrogen-bond donors (Lipinski definition) is 2. The second-order valence-electron chi connectivity index (χ2n) is 6.10. The Labute approximate surface area is 159 Å². The maximum atomic E-state index is 12.6. The van der Waals surface area contributed by atoms with Gasteiger partial charge in [0.25, 0.3) is 0 Å². The Bertz CT molecular complexity index is 824. The number of hydrogen-bond acceptors (Lipinski definition) is 4. The van der Waals surface area contributed by atoms with Gasteiger partial charge in [-0.2, -0.15) is 0 Å². The van der Waals surface area contributed by atoms with E-state index in [9.17, 15) is 4.79 Å². The highest BCUT2D eigenvalue weighted by molar-refractivity contribution is 5.90. The molecule has 1 heterocycles. The molecule has 0 fully saturated rings. The lowest BCUT2D eigenvalue weighted by atomic mass is 9.88. The summed E-state index contributed by atoms with van der Waals surface area (Å²) >= 11 is 0. The van der Waals surface area contributed by atoms with Crippen molar-refractivity contribution in [3.8, 4) is 0 Å². The van der Waals surface area contributed by atoms with Crippen molar-refractivity contribution in [2.24, 2.45) is 0 Å². The molecule has 2 N–H and O–H groups in total. The van der Waals surface area contributed by atoms with Gasteiger partial charge < -0.3 is 10.6 Å². The van der Waals surface area contributed by atoms with Gasteiger partial charge in [-0.1, -0.05) is 66.7 Å². The van der Waals surface area contributed by atoms with Crippen molar-refractivity contribution >= 4 is 17.5 Å². The Morgan fingerprint density at radius 1 is 0.889 bits per heavy atom. The molecule has 0 saturated heterocycles. The fourth-order valence-electron chi connectivity index (χ4n) is 2.85. The highest BCUT2D eigenvalue weighted by atomic mass is 16.1. The van der Waals surface area contributed by atoms with Gasteiger partial charge in [-0.25, -0.2) is 0 Å². The van der Waals surface area contributed by atoms with Crippen molar-refractivity contribution in [1.82, 2.24) is 10.2 Å². The molecule has 136 valence electrons. The number of carbonyl (C=O) groups is 1. The summed E-state index contributed by atoms with van der Waals surface area (Å²) in [6, 6.07) is 23.6. The van der Waals surface area contributed by atoms with Crippen molar-refractivity contribution in [3.05, 3.63) is 96.6 Å². The fourth-order valence-corrected chi connectivity index (χ4v) is 2.85. The molecule has 0 saturated carbocycles. The molecule has 1 amide bonds. The minimum absolute atomic E-state index is 0.0195. The fraction of sp³-hybridized carbons (Fsp3) is 0.136. The number of nitrogens with zero attached hydrogens (tertiary/aromatic N) is 2. The zero-order valence-electron chi connectivity index (χ0n) is 15.0. The van der Waals surface area contributed by atoms with Gasteiger partial charge in [0.15, 0.2) is 5.82 Å². The number of benzene rings is 2. The molecule has 0 unspecified atom stereocenters. The van der Waals surface area contributed by atoms with Crippen molar-refractivity contribution in [3.63, 3.8) is 0 Å². The molecule has 3 rings (SSSR count).